The second-order valence-corrected chi connectivity index (χ2v) is 11.8. The lowest BCUT2D eigenvalue weighted by Crippen LogP contribution is -2.39. The molecule has 12 heteroatoms. The molecule has 41 heavy (non-hydrogen) atoms. The third kappa shape index (κ3) is 7.96. The van der Waals surface area contributed by atoms with Crippen molar-refractivity contribution in [3.63, 3.8) is 0 Å². The van der Waals surface area contributed by atoms with Gasteiger partial charge in [0.15, 0.2) is 0 Å². The van der Waals surface area contributed by atoms with Crippen LogP contribution in [0.1, 0.15) is 44.7 Å². The third-order valence-electron chi connectivity index (χ3n) is 7.72. The number of anilines is 1. The fourth-order valence-electron chi connectivity index (χ4n) is 5.13. The number of aliphatic imine (C=N–C) groups is 1. The molecule has 2 amide bonds. The molecule has 0 aliphatic carbocycles. The van der Waals surface area contributed by atoms with Crippen LogP contribution < -0.4 is 16.4 Å². The third-order valence-corrected chi connectivity index (χ3v) is 7.72. The molecular formula is C29H39F3N8O. The number of carbonyl (C=O) groups excluding carboxylic acids is 1. The monoisotopic (exact) mass is 572 g/mol. The van der Waals surface area contributed by atoms with Crippen molar-refractivity contribution in [2.45, 2.75) is 52.4 Å². The van der Waals surface area contributed by atoms with Crippen LogP contribution in [0.5, 0.6) is 0 Å². The number of rotatable bonds is 7. The zero-order valence-electron chi connectivity index (χ0n) is 24.0. The van der Waals surface area contributed by atoms with E-state index in [0.717, 1.165) is 32.0 Å². The van der Waals surface area contributed by atoms with E-state index in [1.54, 1.807) is 17.2 Å². The van der Waals surface area contributed by atoms with Crippen LogP contribution in [0.15, 0.2) is 47.4 Å². The zero-order chi connectivity index (χ0) is 29.8. The van der Waals surface area contributed by atoms with Crippen molar-refractivity contribution in [2.24, 2.45) is 22.1 Å². The van der Waals surface area contributed by atoms with Crippen molar-refractivity contribution in [1.82, 2.24) is 25.1 Å². The highest BCUT2D eigenvalue weighted by atomic mass is 19.4. The number of likely N-dealkylation sites (N-methyl/N-ethyl adjacent to an activating group) is 1. The van der Waals surface area contributed by atoms with Crippen molar-refractivity contribution in [3.8, 4) is 11.3 Å². The van der Waals surface area contributed by atoms with E-state index < -0.39 is 11.7 Å². The minimum absolute atomic E-state index is 0.0179. The molecule has 4 N–H and O–H groups in total. The quantitative estimate of drug-likeness (QED) is 0.414. The smallest absolute Gasteiger partial charge is 0.403 e. The highest BCUT2D eigenvalue weighted by Gasteiger charge is 2.35. The van der Waals surface area contributed by atoms with Gasteiger partial charge >= 0.3 is 12.2 Å². The molecule has 0 saturated carbocycles. The Morgan fingerprint density at radius 1 is 1.17 bits per heavy atom. The normalized spacial score (nSPS) is 20.7. The van der Waals surface area contributed by atoms with Crippen LogP contribution in [-0.4, -0.2) is 71.3 Å². The Morgan fingerprint density at radius 2 is 1.95 bits per heavy atom. The molecule has 0 radical (unpaired) electrons. The first-order valence-corrected chi connectivity index (χ1v) is 13.8. The number of halogens is 3. The Balaban J connectivity index is 1.46. The first-order valence-electron chi connectivity index (χ1n) is 13.8. The van der Waals surface area contributed by atoms with Gasteiger partial charge in [0.2, 0.25) is 5.95 Å². The minimum atomic E-state index is -4.62. The summed E-state index contributed by atoms with van der Waals surface area (Å²) in [6.07, 6.45) is 1.64. The summed E-state index contributed by atoms with van der Waals surface area (Å²) in [4.78, 5) is 29.7. The molecular weight excluding hydrogens is 533 g/mol. The van der Waals surface area contributed by atoms with Gasteiger partial charge in [0.25, 0.3) is 0 Å². The second-order valence-electron chi connectivity index (χ2n) is 11.8. The fourth-order valence-corrected chi connectivity index (χ4v) is 5.13. The molecule has 2 fully saturated rings. The van der Waals surface area contributed by atoms with Crippen LogP contribution in [0.25, 0.3) is 11.3 Å². The van der Waals surface area contributed by atoms with Crippen LogP contribution in [0.4, 0.5) is 23.9 Å². The lowest BCUT2D eigenvalue weighted by molar-refractivity contribution is -0.138. The Hall–Kier alpha value is -3.67. The molecule has 1 aromatic heterocycles. The van der Waals surface area contributed by atoms with E-state index in [0.29, 0.717) is 30.4 Å². The largest absolute Gasteiger partial charge is 0.416 e. The SMILES string of the molecule is CN1CC[C@H](N=CC(=CN)Nc2nccc(-c3ccc(CNC(=O)N4CCC(C(C)(C)C)C4)c(C(F)(F)F)c3)n2)C1. The lowest BCUT2D eigenvalue weighted by Gasteiger charge is -2.27. The Labute approximate surface area is 239 Å². The van der Waals surface area contributed by atoms with Crippen LogP contribution in [0.3, 0.4) is 0 Å². The molecule has 1 aromatic carbocycles. The summed E-state index contributed by atoms with van der Waals surface area (Å²) in [6, 6.07) is 5.35. The number of allylic oxidation sites excluding steroid dienone is 1. The number of nitrogens with one attached hydrogen (secondary N) is 2. The molecule has 222 valence electrons. The van der Waals surface area contributed by atoms with Gasteiger partial charge in [-0.1, -0.05) is 32.9 Å². The molecule has 9 nitrogen and oxygen atoms in total. The molecule has 0 spiro atoms. The number of amides is 2. The summed E-state index contributed by atoms with van der Waals surface area (Å²) in [5, 5.41) is 5.65. The van der Waals surface area contributed by atoms with Gasteiger partial charge in [0, 0.05) is 50.4 Å². The van der Waals surface area contributed by atoms with Crippen molar-refractivity contribution in [3.05, 3.63) is 53.5 Å². The summed E-state index contributed by atoms with van der Waals surface area (Å²) < 4.78 is 42.2. The van der Waals surface area contributed by atoms with E-state index >= 15 is 0 Å². The van der Waals surface area contributed by atoms with Crippen LogP contribution >= 0.6 is 0 Å². The fraction of sp³-hybridized carbons (Fsp3) is 0.517. The number of nitrogens with zero attached hydrogens (tertiary/aromatic N) is 5. The highest BCUT2D eigenvalue weighted by molar-refractivity contribution is 5.82. The van der Waals surface area contributed by atoms with E-state index in [9.17, 15) is 18.0 Å². The summed E-state index contributed by atoms with van der Waals surface area (Å²) >= 11 is 0. The summed E-state index contributed by atoms with van der Waals surface area (Å²) in [5.74, 6) is 0.529. The number of carbonyl (C=O) groups is 1. The summed E-state index contributed by atoms with van der Waals surface area (Å²) in [7, 11) is 2.04. The van der Waals surface area contributed by atoms with Crippen LogP contribution in [0, 0.1) is 11.3 Å². The first-order chi connectivity index (χ1) is 19.3. The minimum Gasteiger partial charge on any atom is -0.403 e. The number of aromatic nitrogens is 2. The Morgan fingerprint density at radius 3 is 2.59 bits per heavy atom. The summed E-state index contributed by atoms with van der Waals surface area (Å²) in [5.41, 5.74) is 6.01. The van der Waals surface area contributed by atoms with Gasteiger partial charge in [0.05, 0.1) is 23.0 Å². The van der Waals surface area contributed by atoms with Gasteiger partial charge in [-0.15, -0.1) is 0 Å². The predicted octanol–water partition coefficient (Wildman–Crippen LogP) is 4.73. The molecule has 2 atom stereocenters. The van der Waals surface area contributed by atoms with Gasteiger partial charge in [-0.3, -0.25) is 4.99 Å². The van der Waals surface area contributed by atoms with Crippen LogP contribution in [0.2, 0.25) is 0 Å². The number of likely N-dealkylation sites (tertiary alicyclic amines) is 2. The number of nitrogens with two attached hydrogens (primary N) is 1. The van der Waals surface area contributed by atoms with Gasteiger partial charge in [0.1, 0.15) is 0 Å². The predicted molar refractivity (Wildman–Crippen MR) is 154 cm³/mol. The lowest BCUT2D eigenvalue weighted by atomic mass is 9.80. The number of hydrogen-bond acceptors (Lipinski definition) is 7. The maximum atomic E-state index is 14.1. The Bertz CT molecular complexity index is 1290. The van der Waals surface area contributed by atoms with E-state index in [-0.39, 0.29) is 41.1 Å². The number of urea groups is 1. The molecule has 0 bridgehead atoms. The van der Waals surface area contributed by atoms with Gasteiger partial charge < -0.3 is 26.2 Å². The van der Waals surface area contributed by atoms with Gasteiger partial charge in [-0.25, -0.2) is 14.8 Å². The standard InChI is InChI=1S/C29H39F3N8O/c1-28(2,3)21-8-12-40(17-21)27(41)36-15-20-6-5-19(13-24(20)29(30,31)32)25-7-10-34-26(38-25)37-23(14-33)16-35-22-9-11-39(4)18-22/h5-7,10,13-14,16,21-22H,8-9,11-12,15,17-18,33H2,1-4H3,(H,36,41)(H,34,37,38)/t21?,22-/m0/s1. The second kappa shape index (κ2) is 12.5. The Kier molecular flexibility index (Phi) is 9.21. The maximum Gasteiger partial charge on any atom is 0.416 e. The number of hydrogen-bond donors (Lipinski definition) is 3. The zero-order valence-corrected chi connectivity index (χ0v) is 24.0. The van der Waals surface area contributed by atoms with E-state index in [1.165, 1.54) is 24.5 Å². The maximum absolute atomic E-state index is 14.1. The van der Waals surface area contributed by atoms with E-state index in [2.05, 4.69) is 51.3 Å². The highest BCUT2D eigenvalue weighted by Crippen LogP contribution is 2.36. The number of benzene rings is 1. The molecule has 2 saturated heterocycles. The van der Waals surface area contributed by atoms with Crippen molar-refractivity contribution in [2.75, 3.05) is 38.5 Å². The van der Waals surface area contributed by atoms with Crippen molar-refractivity contribution < 1.29 is 18.0 Å². The van der Waals surface area contributed by atoms with Gasteiger partial charge in [-0.2, -0.15) is 13.2 Å². The average molecular weight is 573 g/mol. The molecule has 2 aliphatic rings. The molecule has 2 aromatic rings. The van der Waals surface area contributed by atoms with Crippen molar-refractivity contribution >= 4 is 18.2 Å². The molecule has 1 unspecified atom stereocenters. The molecule has 3 heterocycles. The number of alkyl halides is 3. The van der Waals surface area contributed by atoms with E-state index in [4.69, 9.17) is 5.73 Å². The van der Waals surface area contributed by atoms with E-state index in [1.807, 2.05) is 7.05 Å². The first kappa shape index (κ1) is 30.3. The van der Waals surface area contributed by atoms with Gasteiger partial charge in [-0.05, 0) is 55.5 Å². The molecule has 4 rings (SSSR count). The van der Waals surface area contributed by atoms with Crippen molar-refractivity contribution in [1.29, 1.82) is 0 Å². The topological polar surface area (TPSA) is 112 Å². The van der Waals surface area contributed by atoms with Crippen LogP contribution in [-0.2, 0) is 12.7 Å². The molecule has 2 aliphatic heterocycles. The average Bonchev–Trinajstić information content (AvgIpc) is 3.59. The summed E-state index contributed by atoms with van der Waals surface area (Å²) in [6.45, 7) is 9.17.